The smallest absolute Gasteiger partial charge is 0.135 e. The first-order valence-electron chi connectivity index (χ1n) is 2.70. The van der Waals surface area contributed by atoms with Crippen molar-refractivity contribution in [2.45, 2.75) is 26.2 Å². The van der Waals surface area contributed by atoms with E-state index < -0.39 is 0 Å². The average molecular weight is 177 g/mol. The van der Waals surface area contributed by atoms with Crippen LogP contribution in [-0.2, 0) is 4.79 Å². The van der Waals surface area contributed by atoms with Gasteiger partial charge in [0.1, 0.15) is 5.94 Å². The fourth-order valence-corrected chi connectivity index (χ4v) is 0.663. The summed E-state index contributed by atoms with van der Waals surface area (Å²) in [6.07, 6.45) is 3.02. The fourth-order valence-electron chi connectivity index (χ4n) is 0.383. The van der Waals surface area contributed by atoms with E-state index in [1.807, 2.05) is 0 Å². The minimum absolute atomic E-state index is 0.652. The van der Waals surface area contributed by atoms with Crippen LogP contribution in [0.4, 0.5) is 0 Å². The molecule has 0 aromatic rings. The number of hydrogen-bond donors (Lipinski definition) is 0. The lowest BCUT2D eigenvalue weighted by molar-refractivity contribution is 0.567. The quantitative estimate of drug-likeness (QED) is 0.604. The molecule has 0 bridgehead atoms. The number of carbonyl (C=O) groups excluding carboxylic acids is 1. The molecule has 0 heterocycles. The van der Waals surface area contributed by atoms with Gasteiger partial charge in [-0.05, 0) is 28.8 Å². The lowest BCUT2D eigenvalue weighted by atomic mass is 10.2. The molecule has 0 radical (unpaired) electrons. The van der Waals surface area contributed by atoms with E-state index in [2.05, 4.69) is 22.9 Å². The Hall–Kier alpha value is -0.0700. The molecular weight excluding hydrogens is 168 g/mol. The highest BCUT2D eigenvalue weighted by Crippen LogP contribution is 2.09. The summed E-state index contributed by atoms with van der Waals surface area (Å²) < 4.78 is 0.652. The van der Waals surface area contributed by atoms with Gasteiger partial charge in [-0.15, -0.1) is 0 Å². The third kappa shape index (κ3) is 4.10. The van der Waals surface area contributed by atoms with Crippen molar-refractivity contribution in [3.05, 3.63) is 4.48 Å². The first-order chi connectivity index (χ1) is 3.81. The first-order valence-corrected chi connectivity index (χ1v) is 3.50. The number of allylic oxidation sites excluding steroid dienone is 1. The van der Waals surface area contributed by atoms with Crippen molar-refractivity contribution in [1.82, 2.24) is 0 Å². The van der Waals surface area contributed by atoms with Gasteiger partial charge in [0.05, 0.1) is 4.48 Å². The Labute approximate surface area is 57.9 Å². The molecule has 1 nitrogen and oxygen atoms in total. The Morgan fingerprint density at radius 2 is 2.38 bits per heavy atom. The van der Waals surface area contributed by atoms with Crippen molar-refractivity contribution >= 4 is 21.9 Å². The normalized spacial score (nSPS) is 8.25. The maximum absolute atomic E-state index is 9.80. The monoisotopic (exact) mass is 176 g/mol. The van der Waals surface area contributed by atoms with Crippen molar-refractivity contribution in [3.63, 3.8) is 0 Å². The van der Waals surface area contributed by atoms with Crippen LogP contribution >= 0.6 is 15.9 Å². The van der Waals surface area contributed by atoms with Crippen LogP contribution in [0.15, 0.2) is 4.48 Å². The number of hydrogen-bond acceptors (Lipinski definition) is 1. The third-order valence-corrected chi connectivity index (χ3v) is 1.42. The Kier molecular flexibility index (Phi) is 5.03. The highest BCUT2D eigenvalue weighted by molar-refractivity contribution is 9.11. The van der Waals surface area contributed by atoms with Crippen LogP contribution in [-0.4, -0.2) is 5.94 Å². The Morgan fingerprint density at radius 3 is 2.75 bits per heavy atom. The van der Waals surface area contributed by atoms with Crippen LogP contribution in [0.25, 0.3) is 0 Å². The molecule has 0 aromatic carbocycles. The molecular formula is C6H9BrO. The number of halogens is 1. The first kappa shape index (κ1) is 7.93. The van der Waals surface area contributed by atoms with Crippen LogP contribution in [0.2, 0.25) is 0 Å². The molecule has 0 unspecified atom stereocenters. The summed E-state index contributed by atoms with van der Waals surface area (Å²) in [5.74, 6) is 1.78. The van der Waals surface area contributed by atoms with E-state index in [0.717, 1.165) is 19.3 Å². The van der Waals surface area contributed by atoms with E-state index in [4.69, 9.17) is 0 Å². The van der Waals surface area contributed by atoms with E-state index in [9.17, 15) is 4.79 Å². The van der Waals surface area contributed by atoms with Gasteiger partial charge in [-0.1, -0.05) is 13.3 Å². The predicted molar refractivity (Wildman–Crippen MR) is 37.7 cm³/mol. The second kappa shape index (κ2) is 5.07. The predicted octanol–water partition coefficient (Wildman–Crippen LogP) is 2.29. The highest BCUT2D eigenvalue weighted by Gasteiger charge is 1.88. The van der Waals surface area contributed by atoms with E-state index in [1.54, 1.807) is 5.94 Å². The van der Waals surface area contributed by atoms with Crippen molar-refractivity contribution in [3.8, 4) is 0 Å². The van der Waals surface area contributed by atoms with Gasteiger partial charge in [-0.2, -0.15) is 0 Å². The SMILES string of the molecule is CCCCC(Br)=C=O. The standard InChI is InChI=1S/C6H9BrO/c1-2-3-4-6(7)5-8/h2-4H2,1H3. The van der Waals surface area contributed by atoms with Gasteiger partial charge in [-0.3, -0.25) is 0 Å². The van der Waals surface area contributed by atoms with E-state index >= 15 is 0 Å². The van der Waals surface area contributed by atoms with Gasteiger partial charge in [0.25, 0.3) is 0 Å². The van der Waals surface area contributed by atoms with Crippen molar-refractivity contribution in [2.24, 2.45) is 0 Å². The molecule has 0 aliphatic carbocycles. The van der Waals surface area contributed by atoms with Gasteiger partial charge < -0.3 is 0 Å². The second-order valence-corrected chi connectivity index (χ2v) is 2.57. The van der Waals surface area contributed by atoms with Crippen molar-refractivity contribution in [1.29, 1.82) is 0 Å². The van der Waals surface area contributed by atoms with E-state index in [1.165, 1.54) is 0 Å². The molecule has 0 amide bonds. The summed E-state index contributed by atoms with van der Waals surface area (Å²) in [5.41, 5.74) is 0. The van der Waals surface area contributed by atoms with Crippen LogP contribution in [0, 0.1) is 0 Å². The van der Waals surface area contributed by atoms with Crippen LogP contribution < -0.4 is 0 Å². The van der Waals surface area contributed by atoms with E-state index in [-0.39, 0.29) is 0 Å². The largest absolute Gasteiger partial charge is 0.233 e. The molecule has 0 aliphatic heterocycles. The molecule has 0 atom stereocenters. The molecule has 46 valence electrons. The Bertz CT molecular complexity index is 103. The molecule has 0 rings (SSSR count). The van der Waals surface area contributed by atoms with E-state index in [0.29, 0.717) is 4.48 Å². The van der Waals surface area contributed by atoms with Crippen molar-refractivity contribution < 1.29 is 4.79 Å². The second-order valence-electron chi connectivity index (χ2n) is 1.61. The van der Waals surface area contributed by atoms with Gasteiger partial charge >= 0.3 is 0 Å². The Morgan fingerprint density at radius 1 is 1.75 bits per heavy atom. The number of unbranched alkanes of at least 4 members (excludes halogenated alkanes) is 1. The minimum Gasteiger partial charge on any atom is -0.233 e. The molecule has 2 heteroatoms. The lowest BCUT2D eigenvalue weighted by Gasteiger charge is -1.87. The average Bonchev–Trinajstić information content (AvgIpc) is 1.83. The fraction of sp³-hybridized carbons (Fsp3) is 0.667. The summed E-state index contributed by atoms with van der Waals surface area (Å²) in [4.78, 5) is 9.80. The summed E-state index contributed by atoms with van der Waals surface area (Å²) >= 11 is 3.07. The molecule has 0 aromatic heterocycles. The van der Waals surface area contributed by atoms with Gasteiger partial charge in [-0.25, -0.2) is 4.79 Å². The minimum atomic E-state index is 0.652. The molecule has 0 saturated carbocycles. The zero-order chi connectivity index (χ0) is 6.41. The molecule has 0 aliphatic rings. The summed E-state index contributed by atoms with van der Waals surface area (Å²) in [5, 5.41) is 0. The van der Waals surface area contributed by atoms with Gasteiger partial charge in [0, 0.05) is 0 Å². The highest BCUT2D eigenvalue weighted by atomic mass is 79.9. The maximum Gasteiger partial charge on any atom is 0.135 e. The summed E-state index contributed by atoms with van der Waals surface area (Å²) in [7, 11) is 0. The molecule has 8 heavy (non-hydrogen) atoms. The molecule has 0 N–H and O–H groups in total. The van der Waals surface area contributed by atoms with Gasteiger partial charge in [0.2, 0.25) is 0 Å². The summed E-state index contributed by atoms with van der Waals surface area (Å²) in [6, 6.07) is 0. The van der Waals surface area contributed by atoms with Crippen molar-refractivity contribution in [2.75, 3.05) is 0 Å². The third-order valence-electron chi connectivity index (χ3n) is 0.861. The molecule has 0 saturated heterocycles. The molecule has 0 fully saturated rings. The summed E-state index contributed by atoms with van der Waals surface area (Å²) in [6.45, 7) is 2.09. The van der Waals surface area contributed by atoms with Crippen LogP contribution in [0.3, 0.4) is 0 Å². The zero-order valence-corrected chi connectivity index (χ0v) is 6.49. The zero-order valence-electron chi connectivity index (χ0n) is 4.91. The molecule has 0 spiro atoms. The number of rotatable bonds is 3. The Balaban J connectivity index is 3.26. The van der Waals surface area contributed by atoms with Crippen LogP contribution in [0.1, 0.15) is 26.2 Å². The van der Waals surface area contributed by atoms with Crippen LogP contribution in [0.5, 0.6) is 0 Å². The maximum atomic E-state index is 9.80. The lowest BCUT2D eigenvalue weighted by Crippen LogP contribution is -1.72. The van der Waals surface area contributed by atoms with Gasteiger partial charge in [0.15, 0.2) is 0 Å². The topological polar surface area (TPSA) is 17.1 Å².